The van der Waals surface area contributed by atoms with Gasteiger partial charge in [-0.05, 0) is 25.0 Å². The van der Waals surface area contributed by atoms with E-state index in [-0.39, 0.29) is 17.0 Å². The highest BCUT2D eigenvalue weighted by atomic mass is 79.9. The molecule has 0 aromatic heterocycles. The van der Waals surface area contributed by atoms with Gasteiger partial charge in [-0.25, -0.2) is 0 Å². The molecule has 0 aromatic carbocycles. The topological polar surface area (TPSA) is 0 Å². The third-order valence-corrected chi connectivity index (χ3v) is 2.30. The van der Waals surface area contributed by atoms with Crippen LogP contribution in [0.1, 0.15) is 32.1 Å². The van der Waals surface area contributed by atoms with Crippen LogP contribution in [-0.2, 0) is 0 Å². The zero-order chi connectivity index (χ0) is 9.45. The molecule has 0 aliphatic carbocycles. The van der Waals surface area contributed by atoms with Gasteiger partial charge in [-0.2, -0.15) is 12.6 Å². The van der Waals surface area contributed by atoms with Crippen LogP contribution in [0.5, 0.6) is 0 Å². The summed E-state index contributed by atoms with van der Waals surface area (Å²) in [6, 6.07) is 0. The quantitative estimate of drug-likeness (QED) is 0.362. The van der Waals surface area contributed by atoms with Crippen LogP contribution >= 0.6 is 12.6 Å². The number of hydrogen-bond donors (Lipinski definition) is 1. The van der Waals surface area contributed by atoms with E-state index in [0.29, 0.717) is 0 Å². The Balaban J connectivity index is 0. The Morgan fingerprint density at radius 2 is 1.31 bits per heavy atom. The summed E-state index contributed by atoms with van der Waals surface area (Å²) < 4.78 is 1.10. The maximum absolute atomic E-state index is 4.19. The molecule has 0 rings (SSSR count). The van der Waals surface area contributed by atoms with Crippen molar-refractivity contribution in [1.29, 1.82) is 0 Å². The first-order valence-corrected chi connectivity index (χ1v) is 5.61. The van der Waals surface area contributed by atoms with E-state index in [1.54, 1.807) is 0 Å². The lowest BCUT2D eigenvalue weighted by Gasteiger charge is -2.23. The fourth-order valence-electron chi connectivity index (χ4n) is 1.23. The predicted octanol–water partition coefficient (Wildman–Crippen LogP) is -0.423. The SMILES string of the molecule is C[N+](C)(C)CCCCCCCS.[Br-]. The van der Waals surface area contributed by atoms with Crippen LogP contribution in [0.2, 0.25) is 0 Å². The lowest BCUT2D eigenvalue weighted by molar-refractivity contribution is -0.870. The highest BCUT2D eigenvalue weighted by Crippen LogP contribution is 2.05. The number of unbranched alkanes of at least 4 members (excludes halogenated alkanes) is 4. The highest BCUT2D eigenvalue weighted by Gasteiger charge is 2.04. The molecule has 13 heavy (non-hydrogen) atoms. The molecule has 0 spiro atoms. The Labute approximate surface area is 99.7 Å². The van der Waals surface area contributed by atoms with Crippen LogP contribution in [0, 0.1) is 0 Å². The van der Waals surface area contributed by atoms with Gasteiger partial charge in [0.25, 0.3) is 0 Å². The third kappa shape index (κ3) is 15.5. The maximum atomic E-state index is 4.19. The van der Waals surface area contributed by atoms with Crippen molar-refractivity contribution in [3.8, 4) is 0 Å². The Bertz CT molecular complexity index is 102. The molecule has 0 atom stereocenters. The van der Waals surface area contributed by atoms with Gasteiger partial charge in [0.2, 0.25) is 0 Å². The Hall–Kier alpha value is 0.790. The standard InChI is InChI=1S/C10H23NS.BrH/c1-11(2,3)9-7-5-4-6-8-10-12;/h4-10H2,1-3H3;1H. The molecule has 0 saturated carbocycles. The summed E-state index contributed by atoms with van der Waals surface area (Å²) in [7, 11) is 6.77. The second kappa shape index (κ2) is 9.35. The van der Waals surface area contributed by atoms with Crippen LogP contribution in [0.4, 0.5) is 0 Å². The second-order valence-corrected chi connectivity index (χ2v) is 4.95. The highest BCUT2D eigenvalue weighted by molar-refractivity contribution is 7.80. The van der Waals surface area contributed by atoms with Crippen molar-refractivity contribution in [2.45, 2.75) is 32.1 Å². The molecule has 0 heterocycles. The van der Waals surface area contributed by atoms with E-state index >= 15 is 0 Å². The lowest BCUT2D eigenvalue weighted by Crippen LogP contribution is -3.00. The molecule has 0 radical (unpaired) electrons. The third-order valence-electron chi connectivity index (χ3n) is 1.99. The van der Waals surface area contributed by atoms with Gasteiger partial charge >= 0.3 is 0 Å². The van der Waals surface area contributed by atoms with Gasteiger partial charge in [0, 0.05) is 0 Å². The molecular formula is C10H24BrNS. The first-order valence-electron chi connectivity index (χ1n) is 4.97. The van der Waals surface area contributed by atoms with Gasteiger partial charge in [-0.1, -0.05) is 12.8 Å². The zero-order valence-electron chi connectivity index (χ0n) is 9.22. The molecule has 0 unspecified atom stereocenters. The van der Waals surface area contributed by atoms with Crippen LogP contribution < -0.4 is 17.0 Å². The average molecular weight is 270 g/mol. The Kier molecular flexibility index (Phi) is 11.7. The number of nitrogens with zero attached hydrogens (tertiary/aromatic N) is 1. The van der Waals surface area contributed by atoms with E-state index in [1.807, 2.05) is 0 Å². The molecule has 0 N–H and O–H groups in total. The van der Waals surface area contributed by atoms with Gasteiger partial charge in [0.15, 0.2) is 0 Å². The largest absolute Gasteiger partial charge is 1.00 e. The summed E-state index contributed by atoms with van der Waals surface area (Å²) in [6.45, 7) is 1.31. The van der Waals surface area contributed by atoms with E-state index in [2.05, 4.69) is 33.8 Å². The fourth-order valence-corrected chi connectivity index (χ4v) is 1.45. The van der Waals surface area contributed by atoms with E-state index in [1.165, 1.54) is 38.6 Å². The molecule has 82 valence electrons. The monoisotopic (exact) mass is 269 g/mol. The van der Waals surface area contributed by atoms with Crippen LogP contribution in [0.25, 0.3) is 0 Å². The van der Waals surface area contributed by atoms with Gasteiger partial charge in [-0.3, -0.25) is 0 Å². The number of halogens is 1. The van der Waals surface area contributed by atoms with Crippen molar-refractivity contribution in [3.63, 3.8) is 0 Å². The zero-order valence-corrected chi connectivity index (χ0v) is 11.7. The molecule has 0 aliphatic rings. The summed E-state index contributed by atoms with van der Waals surface area (Å²) >= 11 is 4.19. The summed E-state index contributed by atoms with van der Waals surface area (Å²) in [4.78, 5) is 0. The first kappa shape index (κ1) is 16.2. The molecule has 0 amide bonds. The van der Waals surface area contributed by atoms with E-state index < -0.39 is 0 Å². The van der Waals surface area contributed by atoms with Crippen LogP contribution in [0.15, 0.2) is 0 Å². The van der Waals surface area contributed by atoms with Crippen molar-refractivity contribution in [2.24, 2.45) is 0 Å². The van der Waals surface area contributed by atoms with Crippen molar-refractivity contribution in [2.75, 3.05) is 33.4 Å². The lowest BCUT2D eigenvalue weighted by atomic mass is 10.1. The minimum Gasteiger partial charge on any atom is -1.00 e. The molecule has 0 aromatic rings. The van der Waals surface area contributed by atoms with E-state index in [0.717, 1.165) is 10.2 Å². The first-order chi connectivity index (χ1) is 5.56. The number of quaternary nitrogens is 1. The van der Waals surface area contributed by atoms with Gasteiger partial charge < -0.3 is 21.5 Å². The number of hydrogen-bond acceptors (Lipinski definition) is 1. The van der Waals surface area contributed by atoms with Crippen molar-refractivity contribution in [1.82, 2.24) is 0 Å². The minimum atomic E-state index is 0. The molecular weight excluding hydrogens is 246 g/mol. The predicted molar refractivity (Wildman–Crippen MR) is 59.8 cm³/mol. The van der Waals surface area contributed by atoms with Crippen molar-refractivity contribution >= 4 is 12.6 Å². The molecule has 0 fully saturated rings. The minimum absolute atomic E-state index is 0. The molecule has 3 heteroatoms. The number of thiol groups is 1. The number of rotatable bonds is 7. The van der Waals surface area contributed by atoms with Crippen LogP contribution in [-0.4, -0.2) is 37.9 Å². The summed E-state index contributed by atoms with van der Waals surface area (Å²) in [5.74, 6) is 1.05. The van der Waals surface area contributed by atoms with Gasteiger partial charge in [0.05, 0.1) is 27.7 Å². The van der Waals surface area contributed by atoms with Crippen molar-refractivity contribution in [3.05, 3.63) is 0 Å². The van der Waals surface area contributed by atoms with Crippen LogP contribution in [0.3, 0.4) is 0 Å². The average Bonchev–Trinajstić information content (AvgIpc) is 1.94. The van der Waals surface area contributed by atoms with Crippen molar-refractivity contribution < 1.29 is 21.5 Å². The normalized spacial score (nSPS) is 11.1. The van der Waals surface area contributed by atoms with Gasteiger partial charge in [0.1, 0.15) is 0 Å². The molecule has 0 bridgehead atoms. The summed E-state index contributed by atoms with van der Waals surface area (Å²) in [6.07, 6.45) is 6.80. The molecule has 1 nitrogen and oxygen atoms in total. The summed E-state index contributed by atoms with van der Waals surface area (Å²) in [5.41, 5.74) is 0. The molecule has 0 aliphatic heterocycles. The fraction of sp³-hybridized carbons (Fsp3) is 1.00. The Morgan fingerprint density at radius 1 is 0.846 bits per heavy atom. The molecule has 0 saturated heterocycles. The second-order valence-electron chi connectivity index (χ2n) is 4.51. The smallest absolute Gasteiger partial charge is 0.0780 e. The van der Waals surface area contributed by atoms with E-state index in [9.17, 15) is 0 Å². The van der Waals surface area contributed by atoms with E-state index in [4.69, 9.17) is 0 Å². The maximum Gasteiger partial charge on any atom is 0.0780 e. The summed E-state index contributed by atoms with van der Waals surface area (Å²) in [5, 5.41) is 0. The van der Waals surface area contributed by atoms with Gasteiger partial charge in [-0.15, -0.1) is 0 Å². The Morgan fingerprint density at radius 3 is 1.77 bits per heavy atom.